The Labute approximate surface area is 146 Å². The molecule has 0 fully saturated rings. The summed E-state index contributed by atoms with van der Waals surface area (Å²) in [4.78, 5) is 0. The summed E-state index contributed by atoms with van der Waals surface area (Å²) in [6.45, 7) is 1.96. The number of nitrogens with two attached hydrogens (primary N) is 1. The van der Waals surface area contributed by atoms with Crippen molar-refractivity contribution >= 4 is 23.1 Å². The van der Waals surface area contributed by atoms with Crippen LogP contribution in [0.15, 0.2) is 52.7 Å². The van der Waals surface area contributed by atoms with Crippen LogP contribution in [0.2, 0.25) is 0 Å². The van der Waals surface area contributed by atoms with Crippen LogP contribution < -0.4 is 15.2 Å². The van der Waals surface area contributed by atoms with Gasteiger partial charge in [-0.2, -0.15) is 5.10 Å². The average Bonchev–Trinajstić information content (AvgIpc) is 2.61. The van der Waals surface area contributed by atoms with E-state index < -0.39 is 0 Å². The molecule has 24 heavy (non-hydrogen) atoms. The molecule has 2 aromatic carbocycles. The minimum Gasteiger partial charge on any atom is -0.496 e. The Morgan fingerprint density at radius 1 is 1.12 bits per heavy atom. The van der Waals surface area contributed by atoms with Crippen molar-refractivity contribution in [2.45, 2.75) is 12.7 Å². The average molecular weight is 343 g/mol. The molecule has 2 N–H and O–H groups in total. The van der Waals surface area contributed by atoms with E-state index >= 15 is 0 Å². The van der Waals surface area contributed by atoms with E-state index in [9.17, 15) is 0 Å². The zero-order valence-electron chi connectivity index (χ0n) is 14.0. The van der Waals surface area contributed by atoms with Crippen molar-refractivity contribution < 1.29 is 9.47 Å². The van der Waals surface area contributed by atoms with Crippen LogP contribution in [-0.4, -0.2) is 25.6 Å². The molecule has 0 aliphatic rings. The Hall–Kier alpha value is -2.47. The van der Waals surface area contributed by atoms with Gasteiger partial charge in [-0.25, -0.2) is 0 Å². The number of aryl methyl sites for hydroxylation is 1. The fourth-order valence-corrected chi connectivity index (χ4v) is 2.70. The van der Waals surface area contributed by atoms with Gasteiger partial charge in [-0.15, -0.1) is 5.10 Å². The number of benzene rings is 2. The molecule has 0 atom stereocenters. The second-order valence-corrected chi connectivity index (χ2v) is 6.02. The van der Waals surface area contributed by atoms with Crippen molar-refractivity contribution in [3.63, 3.8) is 0 Å². The van der Waals surface area contributed by atoms with Gasteiger partial charge >= 0.3 is 0 Å². The lowest BCUT2D eigenvalue weighted by Crippen LogP contribution is -2.06. The smallest absolute Gasteiger partial charge is 0.180 e. The molecule has 2 rings (SSSR count). The van der Waals surface area contributed by atoms with Gasteiger partial charge in [0.05, 0.1) is 20.4 Å². The monoisotopic (exact) mass is 343 g/mol. The van der Waals surface area contributed by atoms with Gasteiger partial charge in [0.25, 0.3) is 0 Å². The maximum Gasteiger partial charge on any atom is 0.180 e. The first-order valence-electron chi connectivity index (χ1n) is 7.40. The van der Waals surface area contributed by atoms with Crippen molar-refractivity contribution in [3.05, 3.63) is 59.2 Å². The number of thioether (sulfide) groups is 1. The number of rotatable bonds is 6. The Bertz CT molecular complexity index is 731. The summed E-state index contributed by atoms with van der Waals surface area (Å²) in [5.74, 6) is 2.24. The summed E-state index contributed by atoms with van der Waals surface area (Å²) in [5, 5.41) is 8.48. The summed E-state index contributed by atoms with van der Waals surface area (Å²) in [7, 11) is 3.25. The summed E-state index contributed by atoms with van der Waals surface area (Å²) in [5.41, 5.74) is 8.84. The molecule has 0 aromatic heterocycles. The fraction of sp³-hybridized carbons (Fsp3) is 0.222. The van der Waals surface area contributed by atoms with Gasteiger partial charge in [0.2, 0.25) is 0 Å². The maximum atomic E-state index is 5.88. The topological polar surface area (TPSA) is 69.2 Å². The second-order valence-electron chi connectivity index (χ2n) is 5.02. The Kier molecular flexibility index (Phi) is 6.69. The van der Waals surface area contributed by atoms with E-state index in [-0.39, 0.29) is 0 Å². The molecular weight excluding hydrogens is 322 g/mol. The first kappa shape index (κ1) is 17.9. The molecule has 0 amide bonds. The van der Waals surface area contributed by atoms with E-state index in [2.05, 4.69) is 10.2 Å². The van der Waals surface area contributed by atoms with Crippen LogP contribution in [0.3, 0.4) is 0 Å². The number of amidine groups is 1. The highest BCUT2D eigenvalue weighted by atomic mass is 32.2. The van der Waals surface area contributed by atoms with Crippen molar-refractivity contribution in [1.29, 1.82) is 0 Å². The third kappa shape index (κ3) is 5.03. The molecule has 0 heterocycles. The van der Waals surface area contributed by atoms with Crippen LogP contribution in [0.25, 0.3) is 0 Å². The van der Waals surface area contributed by atoms with Crippen LogP contribution in [0.4, 0.5) is 0 Å². The molecule has 0 saturated heterocycles. The molecule has 0 bridgehead atoms. The van der Waals surface area contributed by atoms with Gasteiger partial charge in [0, 0.05) is 11.3 Å². The molecule has 0 saturated carbocycles. The van der Waals surface area contributed by atoms with E-state index in [1.165, 1.54) is 17.3 Å². The highest BCUT2D eigenvalue weighted by Gasteiger charge is 2.06. The third-order valence-corrected chi connectivity index (χ3v) is 4.18. The minimum atomic E-state index is 0.410. The van der Waals surface area contributed by atoms with E-state index in [1.54, 1.807) is 20.4 Å². The normalized spacial score (nSPS) is 11.7. The highest BCUT2D eigenvalue weighted by molar-refractivity contribution is 8.13. The Morgan fingerprint density at radius 2 is 1.83 bits per heavy atom. The third-order valence-electron chi connectivity index (χ3n) is 3.33. The molecule has 0 aliphatic carbocycles. The van der Waals surface area contributed by atoms with E-state index in [0.29, 0.717) is 10.9 Å². The number of hydrogen-bond donors (Lipinski definition) is 1. The highest BCUT2D eigenvalue weighted by Crippen LogP contribution is 2.27. The summed E-state index contributed by atoms with van der Waals surface area (Å²) in [6, 6.07) is 13.8. The standard InChI is InChI=1S/C18H21N3O2S/c1-13-9-17(23-3)15(10-16(13)22-2)11-20-21-18(19)24-12-14-7-5-4-6-8-14/h4-11H,12H2,1-3H3,(H2,19,21). The zero-order chi connectivity index (χ0) is 17.4. The van der Waals surface area contributed by atoms with Crippen molar-refractivity contribution in [2.75, 3.05) is 14.2 Å². The lowest BCUT2D eigenvalue weighted by atomic mass is 10.1. The van der Waals surface area contributed by atoms with Gasteiger partial charge in [-0.3, -0.25) is 0 Å². The molecule has 6 heteroatoms. The Morgan fingerprint density at radius 3 is 2.50 bits per heavy atom. The molecule has 126 valence electrons. The molecule has 0 unspecified atom stereocenters. The van der Waals surface area contributed by atoms with Crippen LogP contribution in [0.1, 0.15) is 16.7 Å². The lowest BCUT2D eigenvalue weighted by Gasteiger charge is -2.09. The maximum absolute atomic E-state index is 5.88. The predicted octanol–water partition coefficient (Wildman–Crippen LogP) is 3.59. The summed E-state index contributed by atoms with van der Waals surface area (Å²) >= 11 is 1.44. The van der Waals surface area contributed by atoms with Gasteiger partial charge < -0.3 is 15.2 Å². The van der Waals surface area contributed by atoms with Crippen molar-refractivity contribution in [2.24, 2.45) is 15.9 Å². The molecule has 0 radical (unpaired) electrons. The molecule has 5 nitrogen and oxygen atoms in total. The zero-order valence-corrected chi connectivity index (χ0v) is 14.8. The van der Waals surface area contributed by atoms with Gasteiger partial charge in [0.1, 0.15) is 11.5 Å². The van der Waals surface area contributed by atoms with Gasteiger partial charge in [0.15, 0.2) is 5.17 Å². The number of methoxy groups -OCH3 is 2. The first-order chi connectivity index (χ1) is 11.6. The van der Waals surface area contributed by atoms with Crippen LogP contribution >= 0.6 is 11.8 Å². The largest absolute Gasteiger partial charge is 0.496 e. The summed E-state index contributed by atoms with van der Waals surface area (Å²) < 4.78 is 10.7. The lowest BCUT2D eigenvalue weighted by molar-refractivity contribution is 0.400. The van der Waals surface area contributed by atoms with Crippen LogP contribution in [0, 0.1) is 6.92 Å². The SMILES string of the molecule is COc1cc(C=NN=C(N)SCc2ccccc2)c(OC)cc1C. The van der Waals surface area contributed by atoms with Crippen LogP contribution in [-0.2, 0) is 5.75 Å². The number of nitrogens with zero attached hydrogens (tertiary/aromatic N) is 2. The second kappa shape index (κ2) is 8.98. The predicted molar refractivity (Wildman–Crippen MR) is 101 cm³/mol. The fourth-order valence-electron chi connectivity index (χ4n) is 2.08. The summed E-state index contributed by atoms with van der Waals surface area (Å²) in [6.07, 6.45) is 1.61. The van der Waals surface area contributed by atoms with E-state index in [1.807, 2.05) is 49.4 Å². The molecule has 0 spiro atoms. The quantitative estimate of drug-likeness (QED) is 0.494. The van der Waals surface area contributed by atoms with Crippen LogP contribution in [0.5, 0.6) is 11.5 Å². The van der Waals surface area contributed by atoms with E-state index in [4.69, 9.17) is 15.2 Å². The van der Waals surface area contributed by atoms with Gasteiger partial charge in [-0.05, 0) is 30.2 Å². The van der Waals surface area contributed by atoms with Crippen molar-refractivity contribution in [3.8, 4) is 11.5 Å². The minimum absolute atomic E-state index is 0.410. The molecular formula is C18H21N3O2S. The first-order valence-corrected chi connectivity index (χ1v) is 8.38. The number of ether oxygens (including phenoxy) is 2. The van der Waals surface area contributed by atoms with Gasteiger partial charge in [-0.1, -0.05) is 42.1 Å². The molecule has 2 aromatic rings. The molecule has 0 aliphatic heterocycles. The van der Waals surface area contributed by atoms with E-state index in [0.717, 1.165) is 22.6 Å². The van der Waals surface area contributed by atoms with Crippen molar-refractivity contribution in [1.82, 2.24) is 0 Å². The number of hydrogen-bond acceptors (Lipinski definition) is 5. The Balaban J connectivity index is 2.04.